The summed E-state index contributed by atoms with van der Waals surface area (Å²) in [5.41, 5.74) is 3.69. The molecular weight excluding hydrogens is 362 g/mol. The van der Waals surface area contributed by atoms with Gasteiger partial charge in [-0.15, -0.1) is 0 Å². The predicted octanol–water partition coefficient (Wildman–Crippen LogP) is 3.59. The third-order valence-electron chi connectivity index (χ3n) is 3.07. The number of nitrogens with zero attached hydrogens (tertiary/aromatic N) is 1. The molecule has 1 heterocycles. The molecule has 132 valence electrons. The third-order valence-corrected chi connectivity index (χ3v) is 3.63. The fourth-order valence-corrected chi connectivity index (χ4v) is 2.37. The van der Waals surface area contributed by atoms with Gasteiger partial charge < -0.3 is 14.5 Å². The number of hydrazone groups is 1. The minimum atomic E-state index is -0.469. The Bertz CT molecular complexity index is 789. The van der Waals surface area contributed by atoms with Gasteiger partial charge in [-0.1, -0.05) is 11.6 Å². The predicted molar refractivity (Wildman–Crippen MR) is 102 cm³/mol. The number of carbonyl (C=O) groups excluding carboxylic acids is 1. The van der Waals surface area contributed by atoms with E-state index in [4.69, 9.17) is 33.0 Å². The zero-order valence-electron chi connectivity index (χ0n) is 13.8. The lowest BCUT2D eigenvalue weighted by Crippen LogP contribution is -2.31. The highest BCUT2D eigenvalue weighted by atomic mass is 35.5. The van der Waals surface area contributed by atoms with Gasteiger partial charge in [0.25, 0.3) is 0 Å². The van der Waals surface area contributed by atoms with E-state index in [0.717, 1.165) is 0 Å². The summed E-state index contributed by atoms with van der Waals surface area (Å²) < 4.78 is 10.7. The Labute approximate surface area is 156 Å². The summed E-state index contributed by atoms with van der Waals surface area (Å²) in [6, 6.07) is 8.58. The number of esters is 1. The van der Waals surface area contributed by atoms with Crippen molar-refractivity contribution >= 4 is 41.1 Å². The lowest BCUT2D eigenvalue weighted by molar-refractivity contribution is 0.0526. The quantitative estimate of drug-likeness (QED) is 0.345. The van der Waals surface area contributed by atoms with Gasteiger partial charge in [-0.05, 0) is 56.4 Å². The highest BCUT2D eigenvalue weighted by molar-refractivity contribution is 7.80. The molecule has 0 fully saturated rings. The van der Waals surface area contributed by atoms with Crippen LogP contribution in [0.2, 0.25) is 5.02 Å². The van der Waals surface area contributed by atoms with Crippen LogP contribution in [0.3, 0.4) is 0 Å². The van der Waals surface area contributed by atoms with E-state index in [1.807, 2.05) is 6.92 Å². The molecule has 2 aromatic rings. The average molecular weight is 380 g/mol. The smallest absolute Gasteiger partial charge is 0.339 e. The number of halogens is 1. The second-order valence-corrected chi connectivity index (χ2v) is 5.66. The van der Waals surface area contributed by atoms with E-state index in [0.29, 0.717) is 39.3 Å². The molecular formula is C17H18ClN3O3S. The molecule has 1 aromatic carbocycles. The topological polar surface area (TPSA) is 75.9 Å². The third kappa shape index (κ3) is 5.30. The van der Waals surface area contributed by atoms with Crippen LogP contribution < -0.4 is 10.7 Å². The Morgan fingerprint density at radius 1 is 1.36 bits per heavy atom. The minimum absolute atomic E-state index is 0.280. The molecule has 0 aliphatic rings. The summed E-state index contributed by atoms with van der Waals surface area (Å²) in [5.74, 6) is 0.649. The molecule has 0 saturated carbocycles. The first kappa shape index (κ1) is 19.0. The van der Waals surface area contributed by atoms with E-state index in [1.54, 1.807) is 37.3 Å². The normalized spacial score (nSPS) is 10.7. The van der Waals surface area contributed by atoms with Gasteiger partial charge in [0.2, 0.25) is 0 Å². The lowest BCUT2D eigenvalue weighted by Gasteiger charge is -2.05. The van der Waals surface area contributed by atoms with Crippen molar-refractivity contribution in [2.45, 2.75) is 13.8 Å². The van der Waals surface area contributed by atoms with Crippen LogP contribution in [0.1, 0.15) is 30.0 Å². The maximum atomic E-state index is 11.9. The van der Waals surface area contributed by atoms with Crippen molar-refractivity contribution in [3.63, 3.8) is 0 Å². The van der Waals surface area contributed by atoms with E-state index in [-0.39, 0.29) is 6.61 Å². The Hall–Kier alpha value is -2.38. The lowest BCUT2D eigenvalue weighted by atomic mass is 10.1. The Morgan fingerprint density at radius 2 is 2.16 bits per heavy atom. The molecule has 0 amide bonds. The van der Waals surface area contributed by atoms with Crippen molar-refractivity contribution in [1.29, 1.82) is 0 Å². The second-order valence-electron chi connectivity index (χ2n) is 4.85. The van der Waals surface area contributed by atoms with E-state index in [1.165, 1.54) is 6.21 Å². The summed E-state index contributed by atoms with van der Waals surface area (Å²) in [4.78, 5) is 11.9. The largest absolute Gasteiger partial charge is 0.462 e. The summed E-state index contributed by atoms with van der Waals surface area (Å²) in [6.45, 7) is 4.67. The highest BCUT2D eigenvalue weighted by Crippen LogP contribution is 2.27. The molecule has 0 bridgehead atoms. The standard InChI is InChI=1S/C17H18ClN3O3S/c1-3-19-17(25)21-20-10-12-6-8-15(24-12)11-5-7-14(18)13(9-11)16(22)23-4-2/h5-10H,3-4H2,1-2H3,(H2,19,21,25)/b20-10-. The van der Waals surface area contributed by atoms with Crippen molar-refractivity contribution in [2.24, 2.45) is 5.10 Å². The molecule has 0 aliphatic heterocycles. The van der Waals surface area contributed by atoms with Crippen molar-refractivity contribution in [2.75, 3.05) is 13.2 Å². The monoisotopic (exact) mass is 379 g/mol. The molecule has 0 spiro atoms. The van der Waals surface area contributed by atoms with Crippen molar-refractivity contribution in [1.82, 2.24) is 10.7 Å². The number of thiocarbonyl (C=S) groups is 1. The second kappa shape index (κ2) is 9.19. The molecule has 6 nitrogen and oxygen atoms in total. The van der Waals surface area contributed by atoms with Crippen LogP contribution >= 0.6 is 23.8 Å². The van der Waals surface area contributed by atoms with Gasteiger partial charge in [-0.2, -0.15) is 5.10 Å². The maximum Gasteiger partial charge on any atom is 0.339 e. The number of ether oxygens (including phenoxy) is 1. The van der Waals surface area contributed by atoms with Crippen LogP contribution in [0.5, 0.6) is 0 Å². The van der Waals surface area contributed by atoms with E-state index in [2.05, 4.69) is 15.8 Å². The molecule has 0 radical (unpaired) electrons. The number of hydrogen-bond donors (Lipinski definition) is 2. The van der Waals surface area contributed by atoms with Gasteiger partial charge in [0.05, 0.1) is 23.4 Å². The summed E-state index contributed by atoms with van der Waals surface area (Å²) in [5, 5.41) is 7.66. The molecule has 1 aromatic heterocycles. The molecule has 0 unspecified atom stereocenters. The van der Waals surface area contributed by atoms with Gasteiger partial charge in [0.15, 0.2) is 5.11 Å². The fourth-order valence-electron chi connectivity index (χ4n) is 1.98. The van der Waals surface area contributed by atoms with Crippen molar-refractivity contribution in [3.05, 3.63) is 46.7 Å². The zero-order chi connectivity index (χ0) is 18.2. The first-order valence-electron chi connectivity index (χ1n) is 7.69. The van der Waals surface area contributed by atoms with Gasteiger partial charge in [0.1, 0.15) is 11.5 Å². The molecule has 0 aliphatic carbocycles. The number of hydrogen-bond acceptors (Lipinski definition) is 5. The molecule has 0 saturated heterocycles. The van der Waals surface area contributed by atoms with Crippen molar-refractivity contribution < 1.29 is 13.9 Å². The highest BCUT2D eigenvalue weighted by Gasteiger charge is 2.14. The number of carbonyl (C=O) groups is 1. The maximum absolute atomic E-state index is 11.9. The van der Waals surface area contributed by atoms with Gasteiger partial charge >= 0.3 is 5.97 Å². The van der Waals surface area contributed by atoms with E-state index >= 15 is 0 Å². The summed E-state index contributed by atoms with van der Waals surface area (Å²) >= 11 is 11.1. The van der Waals surface area contributed by atoms with Crippen LogP contribution in [0, 0.1) is 0 Å². The van der Waals surface area contributed by atoms with Gasteiger partial charge in [-0.25, -0.2) is 4.79 Å². The summed E-state index contributed by atoms with van der Waals surface area (Å²) in [7, 11) is 0. The van der Waals surface area contributed by atoms with Crippen LogP contribution in [0.25, 0.3) is 11.3 Å². The first-order valence-corrected chi connectivity index (χ1v) is 8.47. The fraction of sp³-hybridized carbons (Fsp3) is 0.235. The van der Waals surface area contributed by atoms with Crippen LogP contribution in [-0.4, -0.2) is 30.4 Å². The van der Waals surface area contributed by atoms with Crippen molar-refractivity contribution in [3.8, 4) is 11.3 Å². The Kier molecular flexibility index (Phi) is 6.97. The zero-order valence-corrected chi connectivity index (χ0v) is 15.4. The number of rotatable bonds is 6. The average Bonchev–Trinajstić information content (AvgIpc) is 3.04. The minimum Gasteiger partial charge on any atom is -0.462 e. The Morgan fingerprint density at radius 3 is 2.88 bits per heavy atom. The number of nitrogens with one attached hydrogen (secondary N) is 2. The Balaban J connectivity index is 2.14. The van der Waals surface area contributed by atoms with Crippen LogP contribution in [0.4, 0.5) is 0 Å². The molecule has 0 atom stereocenters. The van der Waals surface area contributed by atoms with Gasteiger partial charge in [-0.3, -0.25) is 5.43 Å². The molecule has 2 rings (SSSR count). The van der Waals surface area contributed by atoms with E-state index in [9.17, 15) is 4.79 Å². The molecule has 8 heteroatoms. The van der Waals surface area contributed by atoms with Gasteiger partial charge in [0, 0.05) is 12.1 Å². The summed E-state index contributed by atoms with van der Waals surface area (Å²) in [6.07, 6.45) is 1.51. The van der Waals surface area contributed by atoms with Crippen LogP contribution in [-0.2, 0) is 4.74 Å². The molecule has 2 N–H and O–H groups in total. The molecule has 25 heavy (non-hydrogen) atoms. The first-order chi connectivity index (χ1) is 12.0. The SMILES string of the molecule is CCNC(=S)N/N=C\c1ccc(-c2ccc(Cl)c(C(=O)OCC)c2)o1. The number of furan rings is 1. The van der Waals surface area contributed by atoms with Crippen LogP contribution in [0.15, 0.2) is 39.9 Å². The van der Waals surface area contributed by atoms with E-state index < -0.39 is 5.97 Å². The number of benzene rings is 1.